The van der Waals surface area contributed by atoms with Crippen LogP contribution in [0.4, 0.5) is 0 Å². The predicted molar refractivity (Wildman–Crippen MR) is 136 cm³/mol. The summed E-state index contributed by atoms with van der Waals surface area (Å²) in [5.74, 6) is 0. The van der Waals surface area contributed by atoms with Crippen LogP contribution in [0.25, 0.3) is 44.2 Å². The van der Waals surface area contributed by atoms with Gasteiger partial charge in [-0.3, -0.25) is 0 Å². The summed E-state index contributed by atoms with van der Waals surface area (Å²) in [5.41, 5.74) is 9.41. The van der Waals surface area contributed by atoms with Crippen molar-refractivity contribution in [3.63, 3.8) is 0 Å². The zero-order valence-corrected chi connectivity index (χ0v) is 20.4. The molecular formula is C30H31N2O+. The van der Waals surface area contributed by atoms with Crippen LogP contribution in [-0.4, -0.2) is 4.98 Å². The molecule has 5 aromatic rings. The van der Waals surface area contributed by atoms with Gasteiger partial charge in [-0.2, -0.15) is 4.57 Å². The van der Waals surface area contributed by atoms with Crippen LogP contribution in [0.2, 0.25) is 0 Å². The fourth-order valence-electron chi connectivity index (χ4n) is 5.92. The Morgan fingerprint density at radius 2 is 1.67 bits per heavy atom. The highest BCUT2D eigenvalue weighted by atomic mass is 16.3. The molecule has 3 heteroatoms. The van der Waals surface area contributed by atoms with E-state index in [1.165, 1.54) is 44.8 Å². The van der Waals surface area contributed by atoms with Gasteiger partial charge < -0.3 is 4.42 Å². The van der Waals surface area contributed by atoms with E-state index in [9.17, 15) is 0 Å². The van der Waals surface area contributed by atoms with E-state index < -0.39 is 0 Å². The van der Waals surface area contributed by atoms with Crippen molar-refractivity contribution in [3.8, 4) is 11.3 Å². The Kier molecular flexibility index (Phi) is 4.12. The summed E-state index contributed by atoms with van der Waals surface area (Å²) in [7, 11) is 2.14. The van der Waals surface area contributed by atoms with Crippen molar-refractivity contribution in [3.05, 3.63) is 71.4 Å². The van der Waals surface area contributed by atoms with Crippen molar-refractivity contribution < 1.29 is 8.98 Å². The number of rotatable bonds is 1. The molecule has 0 saturated carbocycles. The molecular weight excluding hydrogens is 404 g/mol. The molecule has 0 unspecified atom stereocenters. The normalized spacial score (nSPS) is 17.0. The summed E-state index contributed by atoms with van der Waals surface area (Å²) in [6, 6.07) is 17.4. The number of aromatic nitrogens is 2. The van der Waals surface area contributed by atoms with E-state index in [-0.39, 0.29) is 10.8 Å². The number of furan rings is 1. The zero-order valence-electron chi connectivity index (χ0n) is 20.4. The van der Waals surface area contributed by atoms with Gasteiger partial charge in [0.25, 0.3) is 0 Å². The Morgan fingerprint density at radius 1 is 0.909 bits per heavy atom. The van der Waals surface area contributed by atoms with Gasteiger partial charge in [0.1, 0.15) is 7.05 Å². The van der Waals surface area contributed by atoms with Crippen LogP contribution in [0.5, 0.6) is 0 Å². The molecule has 0 fully saturated rings. The first kappa shape index (κ1) is 20.4. The van der Waals surface area contributed by atoms with Crippen LogP contribution in [-0.2, 0) is 17.9 Å². The quantitative estimate of drug-likeness (QED) is 0.259. The number of benzene rings is 2. The molecule has 0 spiro atoms. The lowest BCUT2D eigenvalue weighted by molar-refractivity contribution is -0.633. The maximum Gasteiger partial charge on any atom is 0.227 e. The molecule has 0 amide bonds. The first-order valence-electron chi connectivity index (χ1n) is 11.9. The number of hydrogen-bond acceptors (Lipinski definition) is 2. The Hall–Kier alpha value is -3.20. The summed E-state index contributed by atoms with van der Waals surface area (Å²) in [4.78, 5) is 4.86. The van der Waals surface area contributed by atoms with Crippen molar-refractivity contribution in [1.82, 2.24) is 4.98 Å². The third kappa shape index (κ3) is 2.81. The van der Waals surface area contributed by atoms with Gasteiger partial charge in [0.2, 0.25) is 16.9 Å². The number of nitrogens with zero attached hydrogens (tertiary/aromatic N) is 2. The van der Waals surface area contributed by atoms with E-state index in [0.717, 1.165) is 29.0 Å². The maximum absolute atomic E-state index is 6.59. The van der Waals surface area contributed by atoms with Crippen LogP contribution in [0.15, 0.2) is 59.1 Å². The lowest BCUT2D eigenvalue weighted by Crippen LogP contribution is -2.34. The van der Waals surface area contributed by atoms with Gasteiger partial charge in [-0.15, -0.1) is 0 Å². The largest absolute Gasteiger partial charge is 0.437 e. The first-order chi connectivity index (χ1) is 15.7. The average molecular weight is 436 g/mol. The number of aryl methyl sites for hydroxylation is 2. The third-order valence-corrected chi connectivity index (χ3v) is 8.00. The minimum absolute atomic E-state index is 0.0848. The highest BCUT2D eigenvalue weighted by Gasteiger charge is 2.40. The second kappa shape index (κ2) is 6.66. The summed E-state index contributed by atoms with van der Waals surface area (Å²) in [6.45, 7) is 11.6. The second-order valence-corrected chi connectivity index (χ2v) is 11.1. The molecule has 33 heavy (non-hydrogen) atoms. The van der Waals surface area contributed by atoms with Gasteiger partial charge >= 0.3 is 0 Å². The van der Waals surface area contributed by atoms with Crippen LogP contribution >= 0.6 is 0 Å². The molecule has 0 saturated heterocycles. The van der Waals surface area contributed by atoms with Crippen LogP contribution in [0.3, 0.4) is 0 Å². The molecule has 1 aliphatic rings. The molecule has 0 bridgehead atoms. The molecule has 0 aliphatic heterocycles. The fourth-order valence-corrected chi connectivity index (χ4v) is 5.92. The maximum atomic E-state index is 6.59. The summed E-state index contributed by atoms with van der Waals surface area (Å²) < 4.78 is 8.87. The smallest absolute Gasteiger partial charge is 0.227 e. The first-order valence-corrected chi connectivity index (χ1v) is 11.9. The van der Waals surface area contributed by atoms with Gasteiger partial charge in [-0.25, -0.2) is 4.98 Å². The van der Waals surface area contributed by atoms with Gasteiger partial charge in [0, 0.05) is 29.1 Å². The van der Waals surface area contributed by atoms with E-state index in [0.29, 0.717) is 0 Å². The summed E-state index contributed by atoms with van der Waals surface area (Å²) in [6.07, 6.45) is 4.41. The average Bonchev–Trinajstić information content (AvgIpc) is 3.16. The topological polar surface area (TPSA) is 29.9 Å². The molecule has 3 aromatic heterocycles. The van der Waals surface area contributed by atoms with Crippen LogP contribution in [0.1, 0.15) is 57.2 Å². The molecule has 166 valence electrons. The lowest BCUT2D eigenvalue weighted by atomic mass is 9.63. The van der Waals surface area contributed by atoms with Crippen molar-refractivity contribution in [2.24, 2.45) is 7.05 Å². The number of hydrogen-bond donors (Lipinski definition) is 0. The molecule has 0 N–H and O–H groups in total. The molecule has 1 aliphatic carbocycles. The van der Waals surface area contributed by atoms with Gasteiger partial charge in [0.05, 0.1) is 10.9 Å². The Bertz CT molecular complexity index is 1590. The van der Waals surface area contributed by atoms with Crippen LogP contribution < -0.4 is 4.57 Å². The molecule has 3 heterocycles. The zero-order chi connectivity index (χ0) is 23.1. The van der Waals surface area contributed by atoms with E-state index in [4.69, 9.17) is 9.40 Å². The van der Waals surface area contributed by atoms with Gasteiger partial charge in [0.15, 0.2) is 5.58 Å². The van der Waals surface area contributed by atoms with E-state index >= 15 is 0 Å². The van der Waals surface area contributed by atoms with Crippen molar-refractivity contribution in [1.29, 1.82) is 0 Å². The molecule has 3 nitrogen and oxygen atoms in total. The van der Waals surface area contributed by atoms with Crippen molar-refractivity contribution in [2.75, 3.05) is 0 Å². The predicted octanol–water partition coefficient (Wildman–Crippen LogP) is 7.28. The second-order valence-electron chi connectivity index (χ2n) is 11.1. The minimum atomic E-state index is 0.0848. The standard InChI is InChI=1S/C30H31N2O/c1-18-11-13-20-25-26-21(29(2,3)15-16-30(26,4)5)17-31-28(25)33-27(20)24(18)23-14-12-19-9-7-8-10-22(19)32(23)6/h7-14,17H,15-16H2,1-6H3/q+1. The Morgan fingerprint density at radius 3 is 2.48 bits per heavy atom. The summed E-state index contributed by atoms with van der Waals surface area (Å²) in [5, 5.41) is 3.61. The Labute approximate surface area is 195 Å². The van der Waals surface area contributed by atoms with E-state index in [2.05, 4.69) is 101 Å². The molecule has 2 aromatic carbocycles. The SMILES string of the molecule is Cc1ccc2c(oc3ncc4c(c32)C(C)(C)CCC4(C)C)c1-c1ccc2ccccc2[n+]1C. The third-order valence-electron chi connectivity index (χ3n) is 8.00. The molecule has 0 atom stereocenters. The van der Waals surface area contributed by atoms with Gasteiger partial charge in [-0.05, 0) is 59.4 Å². The summed E-state index contributed by atoms with van der Waals surface area (Å²) >= 11 is 0. The lowest BCUT2D eigenvalue weighted by Gasteiger charge is -2.41. The number of fused-ring (bicyclic) bond motifs is 6. The number of para-hydroxylation sites is 1. The van der Waals surface area contributed by atoms with E-state index in [1.807, 2.05) is 0 Å². The molecule has 6 rings (SSSR count). The number of pyridine rings is 2. The highest BCUT2D eigenvalue weighted by molar-refractivity contribution is 6.11. The van der Waals surface area contributed by atoms with Crippen molar-refractivity contribution in [2.45, 2.75) is 58.3 Å². The van der Waals surface area contributed by atoms with Crippen LogP contribution in [0, 0.1) is 6.92 Å². The van der Waals surface area contributed by atoms with Crippen molar-refractivity contribution >= 4 is 33.0 Å². The molecule has 0 radical (unpaired) electrons. The van der Waals surface area contributed by atoms with Gasteiger partial charge in [-0.1, -0.05) is 52.0 Å². The Balaban J connectivity index is 1.74. The van der Waals surface area contributed by atoms with E-state index in [1.54, 1.807) is 0 Å². The highest BCUT2D eigenvalue weighted by Crippen LogP contribution is 2.50. The minimum Gasteiger partial charge on any atom is -0.437 e. The monoisotopic (exact) mass is 435 g/mol. The fraction of sp³-hybridized carbons (Fsp3) is 0.333.